The van der Waals surface area contributed by atoms with Crippen LogP contribution in [0, 0.1) is 0 Å². The molecule has 0 aromatic carbocycles. The van der Waals surface area contributed by atoms with Gasteiger partial charge < -0.3 is 10.2 Å². The molecule has 0 aliphatic heterocycles. The van der Waals surface area contributed by atoms with Crippen LogP contribution in [0.1, 0.15) is 13.8 Å². The van der Waals surface area contributed by atoms with E-state index in [1.165, 1.54) is 0 Å². The van der Waals surface area contributed by atoms with E-state index in [0.29, 0.717) is 0 Å². The Morgan fingerprint density at radius 1 is 1.00 bits per heavy atom. The van der Waals surface area contributed by atoms with Crippen molar-refractivity contribution in [2.24, 2.45) is 0 Å². The van der Waals surface area contributed by atoms with Crippen LogP contribution in [0.2, 0.25) is 0 Å². The highest BCUT2D eigenvalue weighted by atomic mass is 16.3. The van der Waals surface area contributed by atoms with Crippen LogP contribution in [-0.4, -0.2) is 22.4 Å². The third-order valence-electron chi connectivity index (χ3n) is 1.77. The molecule has 1 aliphatic rings. The van der Waals surface area contributed by atoms with E-state index >= 15 is 0 Å². The van der Waals surface area contributed by atoms with E-state index in [2.05, 4.69) is 0 Å². The first-order valence-corrected chi connectivity index (χ1v) is 3.34. The number of rotatable bonds is 0. The monoisotopic (exact) mass is 140 g/mol. The van der Waals surface area contributed by atoms with Crippen molar-refractivity contribution in [3.63, 3.8) is 0 Å². The molecule has 2 heteroatoms. The lowest BCUT2D eigenvalue weighted by Crippen LogP contribution is -2.17. The maximum atomic E-state index is 9.21. The minimum absolute atomic E-state index is 0.497. The number of hydrogen-bond donors (Lipinski definition) is 2. The predicted octanol–water partition coefficient (Wildman–Crippen LogP) is 0.614. The van der Waals surface area contributed by atoms with Crippen LogP contribution < -0.4 is 0 Å². The molecule has 0 saturated heterocycles. The van der Waals surface area contributed by atoms with Gasteiger partial charge in [0.2, 0.25) is 0 Å². The lowest BCUT2D eigenvalue weighted by molar-refractivity contribution is 0.222. The topological polar surface area (TPSA) is 40.5 Å². The van der Waals surface area contributed by atoms with Crippen LogP contribution in [0.3, 0.4) is 0 Å². The van der Waals surface area contributed by atoms with E-state index in [9.17, 15) is 10.2 Å². The molecule has 0 spiro atoms. The van der Waals surface area contributed by atoms with Gasteiger partial charge >= 0.3 is 0 Å². The van der Waals surface area contributed by atoms with Crippen molar-refractivity contribution < 1.29 is 10.2 Å². The van der Waals surface area contributed by atoms with E-state index in [0.717, 1.165) is 11.1 Å². The highest BCUT2D eigenvalue weighted by Gasteiger charge is 2.14. The quantitative estimate of drug-likeness (QED) is 0.484. The summed E-state index contributed by atoms with van der Waals surface area (Å²) in [5.74, 6) is 0. The molecule has 2 atom stereocenters. The van der Waals surface area contributed by atoms with Gasteiger partial charge in [-0.25, -0.2) is 0 Å². The third-order valence-corrected chi connectivity index (χ3v) is 1.77. The van der Waals surface area contributed by atoms with Crippen LogP contribution in [0.25, 0.3) is 0 Å². The van der Waals surface area contributed by atoms with Crippen LogP contribution in [0.4, 0.5) is 0 Å². The molecule has 2 nitrogen and oxygen atoms in total. The third kappa shape index (κ3) is 1.28. The van der Waals surface area contributed by atoms with E-state index in [1.807, 2.05) is 0 Å². The van der Waals surface area contributed by atoms with Gasteiger partial charge in [0.1, 0.15) is 0 Å². The standard InChI is InChI=1S/C8H12O2/c1-5-3-8(10)6(2)4-7(5)9/h3-4,7-10H,1-2H3. The van der Waals surface area contributed by atoms with Crippen molar-refractivity contribution in [2.75, 3.05) is 0 Å². The molecule has 0 aromatic heterocycles. The summed E-state index contributed by atoms with van der Waals surface area (Å²) in [6.07, 6.45) is 2.34. The Morgan fingerprint density at radius 2 is 1.30 bits per heavy atom. The van der Waals surface area contributed by atoms with Gasteiger partial charge in [0.25, 0.3) is 0 Å². The smallest absolute Gasteiger partial charge is 0.0933 e. The zero-order valence-electron chi connectivity index (χ0n) is 6.20. The van der Waals surface area contributed by atoms with Gasteiger partial charge in [-0.05, 0) is 25.0 Å². The Balaban J connectivity index is 2.81. The summed E-state index contributed by atoms with van der Waals surface area (Å²) >= 11 is 0. The maximum Gasteiger partial charge on any atom is 0.0933 e. The Kier molecular flexibility index (Phi) is 1.92. The van der Waals surface area contributed by atoms with Crippen LogP contribution in [0.15, 0.2) is 23.3 Å². The molecular weight excluding hydrogens is 128 g/mol. The molecule has 10 heavy (non-hydrogen) atoms. The fraction of sp³-hybridized carbons (Fsp3) is 0.500. The number of hydrogen-bond acceptors (Lipinski definition) is 2. The van der Waals surface area contributed by atoms with E-state index in [4.69, 9.17) is 0 Å². The summed E-state index contributed by atoms with van der Waals surface area (Å²) in [5, 5.41) is 18.4. The molecule has 56 valence electrons. The van der Waals surface area contributed by atoms with Crippen LogP contribution in [-0.2, 0) is 0 Å². The molecule has 0 bridgehead atoms. The fourth-order valence-electron chi connectivity index (χ4n) is 0.958. The highest BCUT2D eigenvalue weighted by Crippen LogP contribution is 2.16. The van der Waals surface area contributed by atoms with Gasteiger partial charge in [0, 0.05) is 0 Å². The zero-order chi connectivity index (χ0) is 7.72. The van der Waals surface area contributed by atoms with Gasteiger partial charge in [-0.15, -0.1) is 0 Å². The first-order chi connectivity index (χ1) is 4.61. The van der Waals surface area contributed by atoms with Gasteiger partial charge in [-0.1, -0.05) is 12.2 Å². The molecule has 0 radical (unpaired) electrons. The average Bonchev–Trinajstić information content (AvgIpc) is 1.84. The normalized spacial score (nSPS) is 33.2. The van der Waals surface area contributed by atoms with Crippen molar-refractivity contribution in [3.8, 4) is 0 Å². The largest absolute Gasteiger partial charge is 0.385 e. The minimum atomic E-state index is -0.497. The molecule has 0 aromatic rings. The summed E-state index contributed by atoms with van der Waals surface area (Å²) in [6.45, 7) is 3.60. The van der Waals surface area contributed by atoms with Gasteiger partial charge in [0.05, 0.1) is 12.2 Å². The maximum absolute atomic E-state index is 9.21. The molecule has 0 saturated carbocycles. The molecular formula is C8H12O2. The van der Waals surface area contributed by atoms with Gasteiger partial charge in [-0.3, -0.25) is 0 Å². The first-order valence-electron chi connectivity index (χ1n) is 3.34. The average molecular weight is 140 g/mol. The van der Waals surface area contributed by atoms with Crippen molar-refractivity contribution >= 4 is 0 Å². The molecule has 0 heterocycles. The van der Waals surface area contributed by atoms with Gasteiger partial charge in [-0.2, -0.15) is 0 Å². The van der Waals surface area contributed by atoms with Crippen LogP contribution in [0.5, 0.6) is 0 Å². The SMILES string of the molecule is CC1=CC(O)C(C)=CC1O. The summed E-state index contributed by atoms with van der Waals surface area (Å²) in [6, 6.07) is 0. The fourth-order valence-corrected chi connectivity index (χ4v) is 0.958. The minimum Gasteiger partial charge on any atom is -0.385 e. The lowest BCUT2D eigenvalue weighted by atomic mass is 9.97. The van der Waals surface area contributed by atoms with E-state index in [1.54, 1.807) is 26.0 Å². The molecule has 2 unspecified atom stereocenters. The van der Waals surface area contributed by atoms with Crippen molar-refractivity contribution in [1.29, 1.82) is 0 Å². The van der Waals surface area contributed by atoms with Gasteiger partial charge in [0.15, 0.2) is 0 Å². The second kappa shape index (κ2) is 2.56. The summed E-state index contributed by atoms with van der Waals surface area (Å²) < 4.78 is 0. The highest BCUT2D eigenvalue weighted by molar-refractivity contribution is 5.28. The van der Waals surface area contributed by atoms with Crippen LogP contribution >= 0.6 is 0 Å². The summed E-state index contributed by atoms with van der Waals surface area (Å²) in [5.41, 5.74) is 1.64. The van der Waals surface area contributed by atoms with Crippen molar-refractivity contribution in [3.05, 3.63) is 23.3 Å². The molecule has 1 aliphatic carbocycles. The Morgan fingerprint density at radius 3 is 1.60 bits per heavy atom. The van der Waals surface area contributed by atoms with E-state index < -0.39 is 12.2 Å². The first kappa shape index (κ1) is 7.51. The lowest BCUT2D eigenvalue weighted by Gasteiger charge is -2.18. The molecule has 0 amide bonds. The summed E-state index contributed by atoms with van der Waals surface area (Å²) in [4.78, 5) is 0. The molecule has 2 N–H and O–H groups in total. The summed E-state index contributed by atoms with van der Waals surface area (Å²) in [7, 11) is 0. The van der Waals surface area contributed by atoms with Crippen molar-refractivity contribution in [2.45, 2.75) is 26.1 Å². The Labute approximate surface area is 60.5 Å². The molecule has 1 rings (SSSR count). The molecule has 0 fully saturated rings. The second-order valence-electron chi connectivity index (χ2n) is 2.71. The Hall–Kier alpha value is -0.600. The predicted molar refractivity (Wildman–Crippen MR) is 39.5 cm³/mol. The van der Waals surface area contributed by atoms with E-state index in [-0.39, 0.29) is 0 Å². The second-order valence-corrected chi connectivity index (χ2v) is 2.71. The number of aliphatic hydroxyl groups is 2. The van der Waals surface area contributed by atoms with Crippen molar-refractivity contribution in [1.82, 2.24) is 0 Å². The Bertz CT molecular complexity index is 169. The number of aliphatic hydroxyl groups excluding tert-OH is 2. The zero-order valence-corrected chi connectivity index (χ0v) is 6.20.